The molecule has 4 nitrogen and oxygen atoms in total. The van der Waals surface area contributed by atoms with Gasteiger partial charge < -0.3 is 10.4 Å². The van der Waals surface area contributed by atoms with E-state index in [1.807, 2.05) is 0 Å². The highest BCUT2D eigenvalue weighted by atomic mass is 16.4. The van der Waals surface area contributed by atoms with Crippen molar-refractivity contribution in [1.29, 1.82) is 0 Å². The zero-order valence-corrected chi connectivity index (χ0v) is 13.3. The normalized spacial score (nSPS) is 20.2. The highest BCUT2D eigenvalue weighted by molar-refractivity contribution is 5.78. The lowest BCUT2D eigenvalue weighted by molar-refractivity contribution is -0.139. The summed E-state index contributed by atoms with van der Waals surface area (Å²) >= 11 is 0. The molecule has 0 aromatic rings. The summed E-state index contributed by atoms with van der Waals surface area (Å²) in [5.41, 5.74) is -0.428. The van der Waals surface area contributed by atoms with Gasteiger partial charge in [0.15, 0.2) is 0 Å². The Morgan fingerprint density at radius 3 is 2.20 bits per heavy atom. The van der Waals surface area contributed by atoms with Gasteiger partial charge in [-0.15, -0.1) is 0 Å². The second kappa shape index (κ2) is 6.59. The van der Waals surface area contributed by atoms with Gasteiger partial charge in [-0.1, -0.05) is 47.0 Å². The third-order valence-electron chi connectivity index (χ3n) is 4.67. The summed E-state index contributed by atoms with van der Waals surface area (Å²) in [6.45, 7) is 8.44. The average Bonchev–Trinajstić information content (AvgIpc) is 2.26. The maximum absolute atomic E-state index is 12.3. The summed E-state index contributed by atoms with van der Waals surface area (Å²) in [7, 11) is 0. The first-order valence-corrected chi connectivity index (χ1v) is 7.67. The average molecular weight is 283 g/mol. The van der Waals surface area contributed by atoms with E-state index in [0.29, 0.717) is 6.42 Å². The molecule has 116 valence electrons. The molecule has 0 aromatic carbocycles. The summed E-state index contributed by atoms with van der Waals surface area (Å²) < 4.78 is 0. The number of hydrogen-bond donors (Lipinski definition) is 2. The van der Waals surface area contributed by atoms with Crippen LogP contribution in [0.5, 0.6) is 0 Å². The number of carbonyl (C=O) groups is 2. The second-order valence-electron chi connectivity index (χ2n) is 7.43. The number of carboxylic acids is 1. The van der Waals surface area contributed by atoms with Crippen LogP contribution in [0.1, 0.15) is 72.6 Å². The van der Waals surface area contributed by atoms with Crippen LogP contribution in [0.15, 0.2) is 0 Å². The van der Waals surface area contributed by atoms with E-state index in [2.05, 4.69) is 33.0 Å². The van der Waals surface area contributed by atoms with Gasteiger partial charge in [0.25, 0.3) is 0 Å². The molecule has 0 aromatic heterocycles. The van der Waals surface area contributed by atoms with Gasteiger partial charge in [-0.3, -0.25) is 9.59 Å². The van der Waals surface area contributed by atoms with Crippen LogP contribution in [0.3, 0.4) is 0 Å². The van der Waals surface area contributed by atoms with Crippen molar-refractivity contribution in [3.63, 3.8) is 0 Å². The van der Waals surface area contributed by atoms with Gasteiger partial charge in [0, 0.05) is 6.42 Å². The Bertz CT molecular complexity index is 351. The van der Waals surface area contributed by atoms with Crippen molar-refractivity contribution in [2.45, 2.75) is 78.2 Å². The van der Waals surface area contributed by atoms with E-state index in [1.54, 1.807) is 0 Å². The molecule has 1 amide bonds. The van der Waals surface area contributed by atoms with Crippen molar-refractivity contribution < 1.29 is 14.7 Å². The minimum atomic E-state index is -0.823. The Morgan fingerprint density at radius 1 is 1.20 bits per heavy atom. The molecule has 2 N–H and O–H groups in total. The summed E-state index contributed by atoms with van der Waals surface area (Å²) in [5, 5.41) is 12.2. The van der Waals surface area contributed by atoms with Gasteiger partial charge in [-0.05, 0) is 24.2 Å². The van der Waals surface area contributed by atoms with Crippen molar-refractivity contribution in [2.24, 2.45) is 11.3 Å². The fraction of sp³-hybridized carbons (Fsp3) is 0.875. The van der Waals surface area contributed by atoms with Gasteiger partial charge in [0.2, 0.25) is 5.91 Å². The molecule has 4 heteroatoms. The number of nitrogens with one attached hydrogen (secondary N) is 1. The predicted octanol–water partition coefficient (Wildman–Crippen LogP) is 3.35. The van der Waals surface area contributed by atoms with Crippen molar-refractivity contribution in [1.82, 2.24) is 5.32 Å². The van der Waals surface area contributed by atoms with Gasteiger partial charge in [-0.2, -0.15) is 0 Å². The van der Waals surface area contributed by atoms with E-state index in [-0.39, 0.29) is 23.7 Å². The lowest BCUT2D eigenvalue weighted by atomic mass is 9.77. The zero-order valence-electron chi connectivity index (χ0n) is 13.3. The first kappa shape index (κ1) is 17.0. The lowest BCUT2D eigenvalue weighted by Gasteiger charge is -2.38. The SMILES string of the molecule is CC(CC(=O)NC1(CC(=O)O)CCCCC1)C(C)(C)C. The van der Waals surface area contributed by atoms with E-state index >= 15 is 0 Å². The Morgan fingerprint density at radius 2 is 1.75 bits per heavy atom. The Labute approximate surface area is 122 Å². The van der Waals surface area contributed by atoms with E-state index in [1.165, 1.54) is 0 Å². The van der Waals surface area contributed by atoms with Crippen LogP contribution in [-0.2, 0) is 9.59 Å². The second-order valence-corrected chi connectivity index (χ2v) is 7.43. The zero-order chi connectivity index (χ0) is 15.4. The molecule has 0 bridgehead atoms. The summed E-state index contributed by atoms with van der Waals surface area (Å²) in [4.78, 5) is 23.3. The molecule has 0 aliphatic heterocycles. The largest absolute Gasteiger partial charge is 0.481 e. The van der Waals surface area contributed by atoms with Crippen LogP contribution in [-0.4, -0.2) is 22.5 Å². The van der Waals surface area contributed by atoms with Gasteiger partial charge in [0.1, 0.15) is 0 Å². The van der Waals surface area contributed by atoms with Crippen LogP contribution in [0.25, 0.3) is 0 Å². The topological polar surface area (TPSA) is 66.4 Å². The molecule has 20 heavy (non-hydrogen) atoms. The van der Waals surface area contributed by atoms with Crippen LogP contribution in [0, 0.1) is 11.3 Å². The third kappa shape index (κ3) is 5.14. The fourth-order valence-electron chi connectivity index (χ4n) is 2.80. The van der Waals surface area contributed by atoms with Gasteiger partial charge >= 0.3 is 5.97 Å². The minimum Gasteiger partial charge on any atom is -0.481 e. The van der Waals surface area contributed by atoms with E-state index in [9.17, 15) is 9.59 Å². The van der Waals surface area contributed by atoms with Gasteiger partial charge in [0.05, 0.1) is 12.0 Å². The summed E-state index contributed by atoms with van der Waals surface area (Å²) in [6.07, 6.45) is 5.22. The highest BCUT2D eigenvalue weighted by Gasteiger charge is 2.36. The number of carboxylic acid groups (broad SMARTS) is 1. The maximum atomic E-state index is 12.3. The van der Waals surface area contributed by atoms with E-state index < -0.39 is 11.5 Å². The highest BCUT2D eigenvalue weighted by Crippen LogP contribution is 2.32. The van der Waals surface area contributed by atoms with E-state index in [4.69, 9.17) is 5.11 Å². The number of rotatable bonds is 5. The van der Waals surface area contributed by atoms with Crippen LogP contribution >= 0.6 is 0 Å². The van der Waals surface area contributed by atoms with Crippen molar-refractivity contribution >= 4 is 11.9 Å². The Kier molecular flexibility index (Phi) is 5.60. The monoisotopic (exact) mass is 283 g/mol. The molecule has 1 saturated carbocycles. The molecular weight excluding hydrogens is 254 g/mol. The number of carbonyl (C=O) groups excluding carboxylic acids is 1. The maximum Gasteiger partial charge on any atom is 0.305 e. The fourth-order valence-corrected chi connectivity index (χ4v) is 2.80. The number of amides is 1. The van der Waals surface area contributed by atoms with Crippen molar-refractivity contribution in [3.05, 3.63) is 0 Å². The number of hydrogen-bond acceptors (Lipinski definition) is 2. The van der Waals surface area contributed by atoms with Crippen LogP contribution in [0.2, 0.25) is 0 Å². The Hall–Kier alpha value is -1.06. The molecule has 1 rings (SSSR count). The van der Waals surface area contributed by atoms with Crippen molar-refractivity contribution in [3.8, 4) is 0 Å². The molecular formula is C16H29NO3. The van der Waals surface area contributed by atoms with Gasteiger partial charge in [-0.25, -0.2) is 0 Å². The summed E-state index contributed by atoms with van der Waals surface area (Å²) in [5.74, 6) is -0.556. The quantitative estimate of drug-likeness (QED) is 0.813. The third-order valence-corrected chi connectivity index (χ3v) is 4.67. The number of aliphatic carboxylic acids is 1. The summed E-state index contributed by atoms with van der Waals surface area (Å²) in [6, 6.07) is 0. The molecule has 1 fully saturated rings. The first-order valence-electron chi connectivity index (χ1n) is 7.67. The lowest BCUT2D eigenvalue weighted by Crippen LogP contribution is -2.51. The first-order chi connectivity index (χ1) is 9.15. The molecule has 0 spiro atoms. The predicted molar refractivity (Wildman–Crippen MR) is 79.4 cm³/mol. The van der Waals surface area contributed by atoms with E-state index in [0.717, 1.165) is 32.1 Å². The molecule has 1 atom stereocenters. The molecule has 1 unspecified atom stereocenters. The van der Waals surface area contributed by atoms with Crippen LogP contribution < -0.4 is 5.32 Å². The Balaban J connectivity index is 2.65. The molecule has 0 radical (unpaired) electrons. The molecule has 0 heterocycles. The van der Waals surface area contributed by atoms with Crippen LogP contribution in [0.4, 0.5) is 0 Å². The minimum absolute atomic E-state index is 0.00410. The molecule has 1 aliphatic rings. The standard InChI is InChI=1S/C16H29NO3/c1-12(15(2,3)4)10-13(18)17-16(11-14(19)20)8-6-5-7-9-16/h12H,5-11H2,1-4H3,(H,17,18)(H,19,20). The molecule has 1 aliphatic carbocycles. The van der Waals surface area contributed by atoms with Crippen molar-refractivity contribution in [2.75, 3.05) is 0 Å². The molecule has 0 saturated heterocycles. The smallest absolute Gasteiger partial charge is 0.305 e.